The Morgan fingerprint density at radius 2 is 1.90 bits per heavy atom. The van der Waals surface area contributed by atoms with Crippen LogP contribution in [-0.2, 0) is 16.9 Å². The number of aromatic nitrogens is 2. The van der Waals surface area contributed by atoms with Crippen molar-refractivity contribution in [2.75, 3.05) is 6.61 Å². The second-order valence-corrected chi connectivity index (χ2v) is 6.99. The van der Waals surface area contributed by atoms with E-state index in [1.165, 1.54) is 6.07 Å². The highest BCUT2D eigenvalue weighted by molar-refractivity contribution is 6.07. The van der Waals surface area contributed by atoms with Gasteiger partial charge in [-0.15, -0.1) is 0 Å². The summed E-state index contributed by atoms with van der Waals surface area (Å²) in [5, 5.41) is 2.76. The smallest absolute Gasteiger partial charge is 0.325 e. The van der Waals surface area contributed by atoms with E-state index < -0.39 is 24.0 Å². The van der Waals surface area contributed by atoms with Gasteiger partial charge in [0.25, 0.3) is 5.91 Å². The number of nitrogens with one attached hydrogen (secondary N) is 1. The maximum atomic E-state index is 13.7. The van der Waals surface area contributed by atoms with Crippen LogP contribution in [-0.4, -0.2) is 33.0 Å². The highest BCUT2D eigenvalue weighted by atomic mass is 19.3. The lowest BCUT2D eigenvalue weighted by Crippen LogP contribution is -2.47. The Morgan fingerprint density at radius 3 is 2.72 bits per heavy atom. The van der Waals surface area contributed by atoms with Crippen molar-refractivity contribution in [3.05, 3.63) is 59.9 Å². The lowest BCUT2D eigenvalue weighted by atomic mass is 9.84. The Labute approximate surface area is 163 Å². The van der Waals surface area contributed by atoms with Crippen LogP contribution < -0.4 is 10.1 Å². The molecule has 0 saturated carbocycles. The second-order valence-electron chi connectivity index (χ2n) is 6.99. The zero-order chi connectivity index (χ0) is 20.2. The molecule has 2 aliphatic rings. The van der Waals surface area contributed by atoms with Crippen molar-refractivity contribution in [1.29, 1.82) is 0 Å². The summed E-state index contributed by atoms with van der Waals surface area (Å²) in [6.07, 6.45) is 0.260. The number of benzene rings is 2. The minimum Gasteiger partial charge on any atom is -0.493 e. The molecule has 1 N–H and O–H groups in total. The van der Waals surface area contributed by atoms with E-state index in [1.54, 1.807) is 42.5 Å². The molecule has 1 spiro atoms. The predicted octanol–water partition coefficient (Wildman–Crippen LogP) is 3.16. The third kappa shape index (κ3) is 2.50. The van der Waals surface area contributed by atoms with E-state index in [1.807, 2.05) is 0 Å². The molecule has 1 atom stereocenters. The Balaban J connectivity index is 1.55. The lowest BCUT2D eigenvalue weighted by Gasteiger charge is -2.33. The number of halogens is 2. The normalized spacial score (nSPS) is 21.0. The number of imidazole rings is 1. The molecular weight excluding hydrogens is 382 g/mol. The molecule has 1 fully saturated rings. The van der Waals surface area contributed by atoms with Gasteiger partial charge in [-0.1, -0.05) is 30.3 Å². The molecular formula is C20H16F2N4O3. The average Bonchev–Trinajstić information content (AvgIpc) is 3.19. The monoisotopic (exact) mass is 398 g/mol. The molecule has 148 valence electrons. The molecule has 0 radical (unpaired) electrons. The summed E-state index contributed by atoms with van der Waals surface area (Å²) in [7, 11) is 0. The van der Waals surface area contributed by atoms with Crippen molar-refractivity contribution in [3.8, 4) is 5.75 Å². The quantitative estimate of drug-likeness (QED) is 0.688. The first-order chi connectivity index (χ1) is 14.0. The van der Waals surface area contributed by atoms with Crippen LogP contribution in [0.15, 0.2) is 48.5 Å². The molecule has 0 bridgehead atoms. The van der Waals surface area contributed by atoms with Crippen molar-refractivity contribution >= 4 is 23.0 Å². The Morgan fingerprint density at radius 1 is 1.14 bits per heavy atom. The fourth-order valence-corrected chi connectivity index (χ4v) is 4.08. The zero-order valence-electron chi connectivity index (χ0n) is 15.1. The first kappa shape index (κ1) is 17.6. The van der Waals surface area contributed by atoms with Crippen LogP contribution in [0.5, 0.6) is 5.75 Å². The van der Waals surface area contributed by atoms with E-state index in [-0.39, 0.29) is 30.9 Å². The maximum absolute atomic E-state index is 13.7. The fourth-order valence-electron chi connectivity index (χ4n) is 4.08. The maximum Gasteiger partial charge on any atom is 0.325 e. The number of hydrogen-bond donors (Lipinski definition) is 1. The first-order valence-electron chi connectivity index (χ1n) is 9.12. The first-order valence-corrected chi connectivity index (χ1v) is 9.12. The van der Waals surface area contributed by atoms with Gasteiger partial charge in [0.2, 0.25) is 0 Å². The Kier molecular flexibility index (Phi) is 3.80. The van der Waals surface area contributed by atoms with E-state index in [2.05, 4.69) is 10.3 Å². The number of fused-ring (bicyclic) bond motifs is 3. The van der Waals surface area contributed by atoms with Gasteiger partial charge in [-0.3, -0.25) is 14.3 Å². The zero-order valence-corrected chi connectivity index (χ0v) is 15.1. The number of ether oxygens (including phenoxy) is 1. The summed E-state index contributed by atoms with van der Waals surface area (Å²) in [5.41, 5.74) is -0.0701. The van der Waals surface area contributed by atoms with Gasteiger partial charge < -0.3 is 10.1 Å². The van der Waals surface area contributed by atoms with Crippen LogP contribution in [0, 0.1) is 0 Å². The molecule has 0 aliphatic carbocycles. The minimum atomic E-state index is -2.85. The largest absolute Gasteiger partial charge is 0.493 e. The summed E-state index contributed by atoms with van der Waals surface area (Å²) in [6.45, 7) is -2.95. The van der Waals surface area contributed by atoms with Crippen LogP contribution in [0.1, 0.15) is 24.4 Å². The molecule has 1 unspecified atom stereocenters. The number of alkyl halides is 2. The average molecular weight is 398 g/mol. The number of para-hydroxylation sites is 3. The second kappa shape index (κ2) is 6.26. The number of imide groups is 1. The van der Waals surface area contributed by atoms with E-state index >= 15 is 0 Å². The fraction of sp³-hybridized carbons (Fsp3) is 0.250. The van der Waals surface area contributed by atoms with Gasteiger partial charge in [0.05, 0.1) is 24.2 Å². The number of urea groups is 1. The molecule has 9 heteroatoms. The number of carbonyl (C=O) groups is 2. The number of carbonyl (C=O) groups excluding carboxylic acids is 2. The van der Waals surface area contributed by atoms with E-state index in [0.717, 1.165) is 9.47 Å². The summed E-state index contributed by atoms with van der Waals surface area (Å²) in [6, 6.07) is 12.8. The van der Waals surface area contributed by atoms with Crippen molar-refractivity contribution in [2.45, 2.75) is 25.1 Å². The van der Waals surface area contributed by atoms with Gasteiger partial charge in [-0.25, -0.2) is 9.78 Å². The lowest BCUT2D eigenvalue weighted by molar-refractivity contribution is -0.133. The third-order valence-electron chi connectivity index (χ3n) is 5.42. The molecule has 5 rings (SSSR count). The van der Waals surface area contributed by atoms with E-state index in [0.29, 0.717) is 16.8 Å². The third-order valence-corrected chi connectivity index (χ3v) is 5.42. The van der Waals surface area contributed by atoms with Crippen molar-refractivity contribution in [3.63, 3.8) is 0 Å². The van der Waals surface area contributed by atoms with Crippen LogP contribution in [0.4, 0.5) is 13.6 Å². The van der Waals surface area contributed by atoms with Crippen molar-refractivity contribution in [2.24, 2.45) is 0 Å². The van der Waals surface area contributed by atoms with Gasteiger partial charge in [-0.2, -0.15) is 8.78 Å². The molecule has 2 aliphatic heterocycles. The number of amides is 3. The topological polar surface area (TPSA) is 76.5 Å². The predicted molar refractivity (Wildman–Crippen MR) is 98.3 cm³/mol. The van der Waals surface area contributed by atoms with Gasteiger partial charge >= 0.3 is 12.6 Å². The van der Waals surface area contributed by atoms with Crippen LogP contribution in [0.25, 0.3) is 11.0 Å². The molecule has 2 aromatic carbocycles. The number of nitrogens with zero attached hydrogens (tertiary/aromatic N) is 3. The summed E-state index contributed by atoms with van der Waals surface area (Å²) in [5.74, 6) is -0.0257. The van der Waals surface area contributed by atoms with Crippen LogP contribution in [0.3, 0.4) is 0 Å². The highest BCUT2D eigenvalue weighted by Crippen LogP contribution is 2.41. The summed E-state index contributed by atoms with van der Waals surface area (Å²) >= 11 is 0. The van der Waals surface area contributed by atoms with Gasteiger partial charge in [0.15, 0.2) is 5.54 Å². The standard InChI is InChI=1S/C20H16F2N4O3/c21-18(22)26-14-7-3-2-6-13(14)23-16(26)11-25-17(27)20(24-19(25)28)9-10-29-15-8-4-1-5-12(15)20/h1-8,18H,9-11H2,(H,24,28). The summed E-state index contributed by atoms with van der Waals surface area (Å²) < 4.78 is 33.8. The van der Waals surface area contributed by atoms with Gasteiger partial charge in [-0.05, 0) is 18.2 Å². The molecule has 3 amide bonds. The van der Waals surface area contributed by atoms with Crippen LogP contribution in [0.2, 0.25) is 0 Å². The Hall–Kier alpha value is -3.49. The van der Waals surface area contributed by atoms with Gasteiger partial charge in [0, 0.05) is 12.0 Å². The van der Waals surface area contributed by atoms with Crippen molar-refractivity contribution in [1.82, 2.24) is 19.8 Å². The molecule has 1 saturated heterocycles. The molecule has 7 nitrogen and oxygen atoms in total. The number of rotatable bonds is 3. The van der Waals surface area contributed by atoms with Crippen LogP contribution >= 0.6 is 0 Å². The van der Waals surface area contributed by atoms with Crippen molar-refractivity contribution < 1.29 is 23.1 Å². The SMILES string of the molecule is O=C1NC2(CCOc3ccccc32)C(=O)N1Cc1nc2ccccc2n1C(F)F. The highest BCUT2D eigenvalue weighted by Gasteiger charge is 2.55. The molecule has 3 heterocycles. The molecule has 29 heavy (non-hydrogen) atoms. The van der Waals surface area contributed by atoms with E-state index in [9.17, 15) is 18.4 Å². The Bertz CT molecular complexity index is 1150. The number of hydrogen-bond acceptors (Lipinski definition) is 4. The minimum absolute atomic E-state index is 0.0536. The molecule has 1 aromatic heterocycles. The van der Waals surface area contributed by atoms with E-state index in [4.69, 9.17) is 4.74 Å². The van der Waals surface area contributed by atoms with Gasteiger partial charge in [0.1, 0.15) is 11.6 Å². The summed E-state index contributed by atoms with van der Waals surface area (Å²) in [4.78, 5) is 31.2. The molecule has 3 aromatic rings.